The fourth-order valence-corrected chi connectivity index (χ4v) is 4.22. The molecule has 1 amide bonds. The number of likely N-dealkylation sites (tertiary alicyclic amines) is 1. The van der Waals surface area contributed by atoms with E-state index in [-0.39, 0.29) is 11.3 Å². The lowest BCUT2D eigenvalue weighted by atomic mass is 9.96. The van der Waals surface area contributed by atoms with Gasteiger partial charge in [0.15, 0.2) is 11.5 Å². The third-order valence-corrected chi connectivity index (χ3v) is 5.98. The quantitative estimate of drug-likeness (QED) is 0.385. The molecule has 9 heteroatoms. The molecule has 0 aliphatic carbocycles. The van der Waals surface area contributed by atoms with Crippen molar-refractivity contribution in [3.63, 3.8) is 0 Å². The number of rotatable bonds is 7. The summed E-state index contributed by atoms with van der Waals surface area (Å²) in [6.07, 6.45) is 3.21. The Balaban J connectivity index is 1.73. The van der Waals surface area contributed by atoms with Crippen molar-refractivity contribution in [1.82, 2.24) is 14.8 Å². The molecule has 1 atom stereocenters. The van der Waals surface area contributed by atoms with Gasteiger partial charge in [-0.25, -0.2) is 0 Å². The van der Waals surface area contributed by atoms with Crippen LogP contribution >= 0.6 is 0 Å². The van der Waals surface area contributed by atoms with Crippen LogP contribution in [0.5, 0.6) is 11.5 Å². The maximum absolute atomic E-state index is 13.1. The number of ether oxygens (including phenoxy) is 3. The molecule has 3 heterocycles. The number of carbonyl (C=O) groups is 2. The summed E-state index contributed by atoms with van der Waals surface area (Å²) in [6.45, 7) is 3.79. The molecule has 0 radical (unpaired) electrons. The lowest BCUT2D eigenvalue weighted by Gasteiger charge is -2.31. The lowest BCUT2D eigenvalue weighted by molar-refractivity contribution is -0.140. The number of methoxy groups -OCH3 is 2. The number of hydrogen-bond acceptors (Lipinski definition) is 8. The minimum absolute atomic E-state index is 0.0420. The van der Waals surface area contributed by atoms with Crippen LogP contribution in [-0.4, -0.2) is 85.2 Å². The number of nitrogens with zero attached hydrogens (tertiary/aromatic N) is 3. The second-order valence-electron chi connectivity index (χ2n) is 7.80. The highest BCUT2D eigenvalue weighted by Crippen LogP contribution is 2.40. The Kier molecular flexibility index (Phi) is 6.90. The molecule has 1 N–H and O–H groups in total. The van der Waals surface area contributed by atoms with Crippen molar-refractivity contribution in [2.75, 3.05) is 53.6 Å². The highest BCUT2D eigenvalue weighted by molar-refractivity contribution is 6.46. The second-order valence-corrected chi connectivity index (χ2v) is 7.80. The summed E-state index contributed by atoms with van der Waals surface area (Å²) >= 11 is 0. The van der Waals surface area contributed by atoms with E-state index in [2.05, 4.69) is 9.88 Å². The van der Waals surface area contributed by atoms with Crippen molar-refractivity contribution in [2.45, 2.75) is 6.04 Å². The van der Waals surface area contributed by atoms with Crippen molar-refractivity contribution in [3.05, 3.63) is 59.4 Å². The van der Waals surface area contributed by atoms with E-state index in [9.17, 15) is 14.7 Å². The third kappa shape index (κ3) is 4.55. The number of ketones is 1. The minimum atomic E-state index is -0.720. The normalized spacial score (nSPS) is 20.8. The van der Waals surface area contributed by atoms with E-state index in [1.165, 1.54) is 19.1 Å². The summed E-state index contributed by atoms with van der Waals surface area (Å²) in [5, 5.41) is 11.2. The molecule has 2 fully saturated rings. The third-order valence-electron chi connectivity index (χ3n) is 5.98. The standard InChI is InChI=1S/C24H27N3O6/c1-31-18-4-3-17(15-19(18)32-2)22(28)20-21(16-5-7-25-8-6-16)27(24(30)23(20)29)10-9-26-11-13-33-14-12-26/h3-8,15,21,28H,9-14H2,1-2H3/b22-20-. The summed E-state index contributed by atoms with van der Waals surface area (Å²) in [7, 11) is 3.00. The van der Waals surface area contributed by atoms with E-state index in [1.807, 2.05) is 0 Å². The number of benzene rings is 1. The molecule has 174 valence electrons. The molecular formula is C24H27N3O6. The lowest BCUT2D eigenvalue weighted by Crippen LogP contribution is -2.42. The Bertz CT molecular complexity index is 1050. The Morgan fingerprint density at radius 2 is 1.76 bits per heavy atom. The van der Waals surface area contributed by atoms with Gasteiger partial charge in [-0.15, -0.1) is 0 Å². The van der Waals surface area contributed by atoms with Crippen molar-refractivity contribution < 1.29 is 28.9 Å². The first-order valence-corrected chi connectivity index (χ1v) is 10.8. The monoisotopic (exact) mass is 453 g/mol. The summed E-state index contributed by atoms with van der Waals surface area (Å²) in [5.74, 6) is -0.711. The molecule has 1 unspecified atom stereocenters. The Morgan fingerprint density at radius 3 is 2.42 bits per heavy atom. The van der Waals surface area contributed by atoms with Gasteiger partial charge in [0.2, 0.25) is 0 Å². The number of Topliss-reactive ketones (excluding diaryl/α,β-unsaturated/α-hetero) is 1. The van der Waals surface area contributed by atoms with Crippen LogP contribution < -0.4 is 9.47 Å². The maximum atomic E-state index is 13.1. The van der Waals surface area contributed by atoms with Crippen LogP contribution in [0.2, 0.25) is 0 Å². The predicted molar refractivity (Wildman–Crippen MR) is 120 cm³/mol. The molecule has 2 aliphatic rings. The molecule has 2 aliphatic heterocycles. The van der Waals surface area contributed by atoms with Crippen molar-refractivity contribution in [2.24, 2.45) is 0 Å². The molecule has 1 aromatic carbocycles. The first-order chi connectivity index (χ1) is 16.0. The van der Waals surface area contributed by atoms with Crippen LogP contribution in [0.3, 0.4) is 0 Å². The molecule has 0 saturated carbocycles. The Labute approximate surface area is 192 Å². The van der Waals surface area contributed by atoms with Gasteiger partial charge in [-0.3, -0.25) is 19.5 Å². The van der Waals surface area contributed by atoms with Gasteiger partial charge in [-0.1, -0.05) is 0 Å². The van der Waals surface area contributed by atoms with Crippen LogP contribution in [0.15, 0.2) is 48.3 Å². The van der Waals surface area contributed by atoms with Gasteiger partial charge in [-0.2, -0.15) is 0 Å². The molecule has 9 nitrogen and oxygen atoms in total. The van der Waals surface area contributed by atoms with Crippen molar-refractivity contribution >= 4 is 17.4 Å². The minimum Gasteiger partial charge on any atom is -0.507 e. The largest absolute Gasteiger partial charge is 0.507 e. The molecular weight excluding hydrogens is 426 g/mol. The van der Waals surface area contributed by atoms with Crippen molar-refractivity contribution in [3.8, 4) is 11.5 Å². The van der Waals surface area contributed by atoms with Gasteiger partial charge in [0, 0.05) is 44.1 Å². The summed E-state index contributed by atoms with van der Waals surface area (Å²) < 4.78 is 16.0. The summed E-state index contributed by atoms with van der Waals surface area (Å²) in [4.78, 5) is 34.0. The maximum Gasteiger partial charge on any atom is 0.295 e. The highest BCUT2D eigenvalue weighted by atomic mass is 16.5. The average molecular weight is 453 g/mol. The molecule has 0 bridgehead atoms. The number of morpholine rings is 1. The average Bonchev–Trinajstić information content (AvgIpc) is 3.12. The summed E-state index contributed by atoms with van der Waals surface area (Å²) in [6, 6.07) is 7.63. The zero-order valence-corrected chi connectivity index (χ0v) is 18.7. The van der Waals surface area contributed by atoms with Crippen LogP contribution in [0.1, 0.15) is 17.2 Å². The van der Waals surface area contributed by atoms with E-state index < -0.39 is 17.7 Å². The van der Waals surface area contributed by atoms with Gasteiger partial charge in [0.05, 0.1) is 39.0 Å². The summed E-state index contributed by atoms with van der Waals surface area (Å²) in [5.41, 5.74) is 1.10. The smallest absolute Gasteiger partial charge is 0.295 e. The van der Waals surface area contributed by atoms with Gasteiger partial charge in [0.25, 0.3) is 11.7 Å². The zero-order valence-electron chi connectivity index (χ0n) is 18.7. The number of aliphatic hydroxyl groups excluding tert-OH is 1. The Hall–Kier alpha value is -3.43. The van der Waals surface area contributed by atoms with Crippen molar-refractivity contribution in [1.29, 1.82) is 0 Å². The molecule has 2 aromatic rings. The van der Waals surface area contributed by atoms with Gasteiger partial charge in [-0.05, 0) is 35.9 Å². The number of aliphatic hydroxyl groups is 1. The first-order valence-electron chi connectivity index (χ1n) is 10.8. The van der Waals surface area contributed by atoms with Gasteiger partial charge >= 0.3 is 0 Å². The molecule has 0 spiro atoms. The fraction of sp³-hybridized carbons (Fsp3) is 0.375. The van der Waals surface area contributed by atoms with Gasteiger partial charge in [0.1, 0.15) is 5.76 Å². The fourth-order valence-electron chi connectivity index (χ4n) is 4.22. The molecule has 2 saturated heterocycles. The topological polar surface area (TPSA) is 101 Å². The number of carbonyl (C=O) groups excluding carboxylic acids is 2. The van der Waals surface area contributed by atoms with E-state index in [0.717, 1.165) is 13.1 Å². The zero-order chi connectivity index (χ0) is 23.4. The molecule has 1 aromatic heterocycles. The second kappa shape index (κ2) is 10.0. The predicted octanol–water partition coefficient (Wildman–Crippen LogP) is 1.85. The SMILES string of the molecule is COc1ccc(/C(O)=C2/C(=O)C(=O)N(CCN3CCOCC3)C2c2ccncc2)cc1OC. The Morgan fingerprint density at radius 1 is 1.06 bits per heavy atom. The first kappa shape index (κ1) is 22.8. The van der Waals surface area contributed by atoms with E-state index in [0.29, 0.717) is 48.9 Å². The van der Waals surface area contributed by atoms with Crippen LogP contribution in [-0.2, 0) is 14.3 Å². The number of pyridine rings is 1. The van der Waals surface area contributed by atoms with E-state index >= 15 is 0 Å². The van der Waals surface area contributed by atoms with E-state index in [1.54, 1.807) is 42.7 Å². The number of amides is 1. The van der Waals surface area contributed by atoms with Crippen LogP contribution in [0.4, 0.5) is 0 Å². The van der Waals surface area contributed by atoms with Crippen LogP contribution in [0, 0.1) is 0 Å². The number of aromatic nitrogens is 1. The highest BCUT2D eigenvalue weighted by Gasteiger charge is 2.46. The molecule has 33 heavy (non-hydrogen) atoms. The van der Waals surface area contributed by atoms with Crippen LogP contribution in [0.25, 0.3) is 5.76 Å². The van der Waals surface area contributed by atoms with E-state index in [4.69, 9.17) is 14.2 Å². The molecule has 4 rings (SSSR count). The van der Waals surface area contributed by atoms with Gasteiger partial charge < -0.3 is 24.2 Å². The number of hydrogen-bond donors (Lipinski definition) is 1.